The molecule has 0 spiro atoms. The zero-order chi connectivity index (χ0) is 30.6. The molecule has 6 nitrogen and oxygen atoms in total. The van der Waals surface area contributed by atoms with Gasteiger partial charge in [0.2, 0.25) is 0 Å². The Morgan fingerprint density at radius 1 is 0.558 bits per heavy atom. The molecule has 3 aromatic rings. The minimum atomic E-state index is 0. The van der Waals surface area contributed by atoms with Gasteiger partial charge in [-0.2, -0.15) is 0 Å². The molecule has 0 saturated carbocycles. The predicted molar refractivity (Wildman–Crippen MR) is 177 cm³/mol. The van der Waals surface area contributed by atoms with Gasteiger partial charge in [-0.1, -0.05) is 115 Å². The van der Waals surface area contributed by atoms with Crippen molar-refractivity contribution in [2.24, 2.45) is 0 Å². The van der Waals surface area contributed by atoms with Crippen molar-refractivity contribution >= 4 is 0 Å². The first-order valence-corrected chi connectivity index (χ1v) is 15.3. The number of epoxide rings is 1. The van der Waals surface area contributed by atoms with Crippen LogP contribution in [0.25, 0.3) is 0 Å². The number of benzene rings is 3. The van der Waals surface area contributed by atoms with Crippen LogP contribution in [0.5, 0.6) is 5.75 Å². The molecule has 6 rings (SSSR count). The van der Waals surface area contributed by atoms with Crippen molar-refractivity contribution in [2.45, 2.75) is 86.7 Å². The molecule has 0 N–H and O–H groups in total. The molecule has 3 saturated heterocycles. The van der Waals surface area contributed by atoms with Gasteiger partial charge < -0.3 is 9.47 Å². The van der Waals surface area contributed by atoms with Gasteiger partial charge in [-0.25, -0.2) is 19.6 Å². The van der Waals surface area contributed by atoms with E-state index in [1.807, 2.05) is 31.2 Å². The Bertz CT molecular complexity index is 1040. The fourth-order valence-corrected chi connectivity index (χ4v) is 4.13. The molecule has 3 heterocycles. The molecule has 240 valence electrons. The van der Waals surface area contributed by atoms with Crippen LogP contribution in [-0.4, -0.2) is 45.7 Å². The second kappa shape index (κ2) is 22.8. The molecule has 0 aliphatic carbocycles. The monoisotopic (exact) mass is 596 g/mol. The second-order valence-corrected chi connectivity index (χ2v) is 10.7. The number of rotatable bonds is 5. The number of para-hydroxylation sites is 1. The Hall–Kier alpha value is -2.74. The third-order valence-corrected chi connectivity index (χ3v) is 6.42. The molecule has 3 aromatic carbocycles. The third kappa shape index (κ3) is 15.0. The minimum absolute atomic E-state index is 0. The van der Waals surface area contributed by atoms with Gasteiger partial charge in [0.25, 0.3) is 0 Å². The highest BCUT2D eigenvalue weighted by Gasteiger charge is 2.23. The summed E-state index contributed by atoms with van der Waals surface area (Å²) in [6, 6.07) is 24.7. The smallest absolute Gasteiger partial charge is 0.122 e. The summed E-state index contributed by atoms with van der Waals surface area (Å²) in [4.78, 5) is 19.5. The normalized spacial score (nSPS) is 16.9. The summed E-state index contributed by atoms with van der Waals surface area (Å²) in [6.45, 7) is 19.1. The van der Waals surface area contributed by atoms with E-state index in [4.69, 9.17) is 29.0 Å². The van der Waals surface area contributed by atoms with E-state index in [0.717, 1.165) is 12.4 Å². The van der Waals surface area contributed by atoms with E-state index >= 15 is 0 Å². The first-order valence-electron chi connectivity index (χ1n) is 15.3. The van der Waals surface area contributed by atoms with E-state index in [9.17, 15) is 0 Å². The van der Waals surface area contributed by atoms with Crippen molar-refractivity contribution in [3.05, 3.63) is 101 Å². The Morgan fingerprint density at radius 2 is 0.907 bits per heavy atom. The van der Waals surface area contributed by atoms with E-state index in [-0.39, 0.29) is 7.43 Å². The molecule has 3 aliphatic rings. The van der Waals surface area contributed by atoms with E-state index in [0.29, 0.717) is 51.0 Å². The molecule has 0 aromatic heterocycles. The number of aryl methyl sites for hydroxylation is 3. The van der Waals surface area contributed by atoms with Crippen LogP contribution in [0.1, 0.15) is 87.6 Å². The SMILES string of the molecule is C.CCC.CCC.Cc1ccccc1C1COOC1.Cc1ccccc1C1COOC1.Cc1ccccc1OCC1CO1. The van der Waals surface area contributed by atoms with Crippen molar-refractivity contribution in [3.63, 3.8) is 0 Å². The van der Waals surface area contributed by atoms with Crippen molar-refractivity contribution in [3.8, 4) is 5.75 Å². The first kappa shape index (κ1) is 38.3. The van der Waals surface area contributed by atoms with Gasteiger partial charge in [-0.15, -0.1) is 0 Å². The quantitative estimate of drug-likeness (QED) is 0.216. The molecule has 0 bridgehead atoms. The van der Waals surface area contributed by atoms with Gasteiger partial charge in [0.15, 0.2) is 0 Å². The van der Waals surface area contributed by atoms with Crippen LogP contribution < -0.4 is 4.74 Å². The number of hydrogen-bond acceptors (Lipinski definition) is 6. The molecular formula is C37H56O6. The van der Waals surface area contributed by atoms with E-state index in [1.165, 1.54) is 40.7 Å². The zero-order valence-corrected chi connectivity index (χ0v) is 26.8. The zero-order valence-electron chi connectivity index (χ0n) is 26.8. The number of hydrogen-bond donors (Lipinski definition) is 0. The van der Waals surface area contributed by atoms with Crippen molar-refractivity contribution < 1.29 is 29.0 Å². The molecule has 0 amide bonds. The fourth-order valence-electron chi connectivity index (χ4n) is 4.13. The van der Waals surface area contributed by atoms with E-state index in [2.05, 4.69) is 90.1 Å². The lowest BCUT2D eigenvalue weighted by atomic mass is 9.97. The van der Waals surface area contributed by atoms with Gasteiger partial charge >= 0.3 is 0 Å². The summed E-state index contributed by atoms with van der Waals surface area (Å²) in [5, 5.41) is 0. The molecule has 3 aliphatic heterocycles. The van der Waals surface area contributed by atoms with Crippen molar-refractivity contribution in [2.75, 3.05) is 39.6 Å². The summed E-state index contributed by atoms with van der Waals surface area (Å²) in [6.07, 6.45) is 2.84. The highest BCUT2D eigenvalue weighted by Crippen LogP contribution is 2.25. The van der Waals surface area contributed by atoms with Crippen LogP contribution >= 0.6 is 0 Å². The fraction of sp³-hybridized carbons (Fsp3) is 0.514. The summed E-state index contributed by atoms with van der Waals surface area (Å²) in [5.74, 6) is 1.81. The summed E-state index contributed by atoms with van der Waals surface area (Å²) in [5.41, 5.74) is 6.50. The van der Waals surface area contributed by atoms with Crippen LogP contribution in [0.2, 0.25) is 0 Å². The average Bonchev–Trinajstić information content (AvgIpc) is 3.40. The highest BCUT2D eigenvalue weighted by atomic mass is 17.2. The summed E-state index contributed by atoms with van der Waals surface area (Å²) >= 11 is 0. The lowest BCUT2D eigenvalue weighted by molar-refractivity contribution is -0.248. The van der Waals surface area contributed by atoms with Gasteiger partial charge in [-0.3, -0.25) is 0 Å². The molecular weight excluding hydrogens is 540 g/mol. The van der Waals surface area contributed by atoms with Gasteiger partial charge in [0, 0.05) is 11.8 Å². The van der Waals surface area contributed by atoms with E-state index < -0.39 is 0 Å². The van der Waals surface area contributed by atoms with Crippen molar-refractivity contribution in [1.82, 2.24) is 0 Å². The maximum absolute atomic E-state index is 5.54. The van der Waals surface area contributed by atoms with Crippen LogP contribution in [0.15, 0.2) is 72.8 Å². The molecule has 6 heteroatoms. The minimum Gasteiger partial charge on any atom is -0.491 e. The maximum Gasteiger partial charge on any atom is 0.122 e. The lowest BCUT2D eigenvalue weighted by Gasteiger charge is -2.08. The first-order chi connectivity index (χ1) is 20.4. The summed E-state index contributed by atoms with van der Waals surface area (Å²) in [7, 11) is 0. The number of ether oxygens (including phenoxy) is 2. The summed E-state index contributed by atoms with van der Waals surface area (Å²) < 4.78 is 10.6. The average molecular weight is 597 g/mol. The van der Waals surface area contributed by atoms with E-state index in [1.54, 1.807) is 0 Å². The Morgan fingerprint density at radius 3 is 1.26 bits per heavy atom. The van der Waals surface area contributed by atoms with Crippen LogP contribution in [0.3, 0.4) is 0 Å². The molecule has 1 unspecified atom stereocenters. The molecule has 3 fully saturated rings. The van der Waals surface area contributed by atoms with Crippen LogP contribution in [-0.2, 0) is 24.3 Å². The Kier molecular flexibility index (Phi) is 20.3. The van der Waals surface area contributed by atoms with Gasteiger partial charge in [0.1, 0.15) is 18.5 Å². The lowest BCUT2D eigenvalue weighted by Crippen LogP contribution is -2.04. The molecule has 1 atom stereocenters. The van der Waals surface area contributed by atoms with Crippen LogP contribution in [0, 0.1) is 20.8 Å². The molecule has 0 radical (unpaired) electrons. The standard InChI is InChI=1S/3C10H12O2.2C3H8.CH4/c1-8-4-2-3-5-10(8)12-7-9-6-11-9;2*1-8-4-2-3-5-10(8)9-6-11-12-7-9;2*1-3-2;/h3*2-5,9H,6-7H2,1H3;2*3H2,1-2H3;1H4. The van der Waals surface area contributed by atoms with Gasteiger partial charge in [0.05, 0.1) is 33.0 Å². The van der Waals surface area contributed by atoms with Crippen LogP contribution in [0.4, 0.5) is 0 Å². The maximum atomic E-state index is 5.54. The van der Waals surface area contributed by atoms with Gasteiger partial charge in [-0.05, 0) is 54.7 Å². The van der Waals surface area contributed by atoms with Crippen molar-refractivity contribution in [1.29, 1.82) is 0 Å². The topological polar surface area (TPSA) is 58.7 Å². The predicted octanol–water partition coefficient (Wildman–Crippen LogP) is 9.32. The highest BCUT2D eigenvalue weighted by molar-refractivity contribution is 5.32. The molecule has 43 heavy (non-hydrogen) atoms. The Balaban J connectivity index is 0.000000292. The second-order valence-electron chi connectivity index (χ2n) is 10.7. The third-order valence-electron chi connectivity index (χ3n) is 6.42. The Labute approximate surface area is 261 Å². The largest absolute Gasteiger partial charge is 0.491 e.